The molecule has 4 heteroatoms. The van der Waals surface area contributed by atoms with Crippen molar-refractivity contribution in [2.24, 2.45) is 11.8 Å². The first kappa shape index (κ1) is 11.6. The number of nitrogens with one attached hydrogen (secondary N) is 1. The fourth-order valence-electron chi connectivity index (χ4n) is 2.92. The fraction of sp³-hybridized carbons (Fsp3) is 0.833. The van der Waals surface area contributed by atoms with Gasteiger partial charge in [0.2, 0.25) is 11.8 Å². The van der Waals surface area contributed by atoms with Gasteiger partial charge in [0.15, 0.2) is 0 Å². The highest BCUT2D eigenvalue weighted by molar-refractivity contribution is 5.99. The Kier molecular flexibility index (Phi) is 3.59. The van der Waals surface area contributed by atoms with Gasteiger partial charge in [0.05, 0.1) is 13.1 Å². The highest BCUT2D eigenvalue weighted by atomic mass is 16.2. The Morgan fingerprint density at radius 1 is 1.25 bits per heavy atom. The standard InChI is InChI=1S/C12H20N2O2/c1-9-3-2-4-10(5-9)6-14-7-11(15)13-12(16)8-14/h9-10H,2-8H2,1H3,(H,13,15,16). The van der Waals surface area contributed by atoms with E-state index in [1.807, 2.05) is 4.90 Å². The van der Waals surface area contributed by atoms with E-state index in [1.165, 1.54) is 25.7 Å². The number of carbonyl (C=O) groups excluding carboxylic acids is 2. The van der Waals surface area contributed by atoms with Gasteiger partial charge in [-0.25, -0.2) is 0 Å². The minimum atomic E-state index is -0.153. The Bertz CT molecular complexity index is 275. The summed E-state index contributed by atoms with van der Waals surface area (Å²) in [4.78, 5) is 24.4. The molecule has 4 nitrogen and oxygen atoms in total. The molecule has 2 amide bonds. The minimum Gasteiger partial charge on any atom is -0.294 e. The normalized spacial score (nSPS) is 32.6. The van der Waals surface area contributed by atoms with E-state index in [0.29, 0.717) is 19.0 Å². The lowest BCUT2D eigenvalue weighted by atomic mass is 9.82. The maximum absolute atomic E-state index is 11.2. The molecule has 0 aromatic heterocycles. The highest BCUT2D eigenvalue weighted by Gasteiger charge is 2.26. The SMILES string of the molecule is CC1CCCC(CN2CC(=O)NC(=O)C2)C1. The monoisotopic (exact) mass is 224 g/mol. The predicted octanol–water partition coefficient (Wildman–Crippen LogP) is 0.771. The lowest BCUT2D eigenvalue weighted by Crippen LogP contribution is -2.52. The van der Waals surface area contributed by atoms with Crippen molar-refractivity contribution in [3.05, 3.63) is 0 Å². The van der Waals surface area contributed by atoms with Crippen LogP contribution in [-0.2, 0) is 9.59 Å². The van der Waals surface area contributed by atoms with E-state index in [4.69, 9.17) is 0 Å². The third-order valence-corrected chi connectivity index (χ3v) is 3.57. The molecule has 2 unspecified atom stereocenters. The van der Waals surface area contributed by atoms with Crippen LogP contribution in [0.1, 0.15) is 32.6 Å². The summed E-state index contributed by atoms with van der Waals surface area (Å²) >= 11 is 0. The molecule has 1 aliphatic carbocycles. The Morgan fingerprint density at radius 3 is 2.56 bits per heavy atom. The molecule has 0 radical (unpaired) electrons. The largest absolute Gasteiger partial charge is 0.294 e. The van der Waals surface area contributed by atoms with Gasteiger partial charge in [-0.05, 0) is 24.7 Å². The van der Waals surface area contributed by atoms with Gasteiger partial charge in [-0.3, -0.25) is 19.8 Å². The summed E-state index contributed by atoms with van der Waals surface area (Å²) in [5.74, 6) is 1.16. The summed E-state index contributed by atoms with van der Waals surface area (Å²) in [6.07, 6.45) is 5.11. The topological polar surface area (TPSA) is 49.4 Å². The lowest BCUT2D eigenvalue weighted by Gasteiger charge is -2.33. The molecule has 2 fully saturated rings. The van der Waals surface area contributed by atoms with E-state index in [9.17, 15) is 9.59 Å². The Balaban J connectivity index is 1.84. The maximum Gasteiger partial charge on any atom is 0.240 e. The molecule has 1 heterocycles. The van der Waals surface area contributed by atoms with Crippen LogP contribution in [0, 0.1) is 11.8 Å². The predicted molar refractivity (Wildman–Crippen MR) is 60.7 cm³/mol. The molecule has 1 saturated heterocycles. The van der Waals surface area contributed by atoms with Gasteiger partial charge in [-0.15, -0.1) is 0 Å². The van der Waals surface area contributed by atoms with Gasteiger partial charge in [0.25, 0.3) is 0 Å². The average Bonchev–Trinajstić information content (AvgIpc) is 2.15. The fourth-order valence-corrected chi connectivity index (χ4v) is 2.92. The van der Waals surface area contributed by atoms with E-state index < -0.39 is 0 Å². The molecule has 1 aliphatic heterocycles. The quantitative estimate of drug-likeness (QED) is 0.705. The van der Waals surface area contributed by atoms with Crippen LogP contribution >= 0.6 is 0 Å². The van der Waals surface area contributed by atoms with E-state index in [0.717, 1.165) is 12.5 Å². The average molecular weight is 224 g/mol. The van der Waals surface area contributed by atoms with Gasteiger partial charge in [-0.2, -0.15) is 0 Å². The van der Waals surface area contributed by atoms with Crippen LogP contribution in [0.15, 0.2) is 0 Å². The van der Waals surface area contributed by atoms with Gasteiger partial charge in [-0.1, -0.05) is 19.8 Å². The minimum absolute atomic E-state index is 0.153. The second kappa shape index (κ2) is 4.95. The van der Waals surface area contributed by atoms with E-state index in [-0.39, 0.29) is 11.8 Å². The van der Waals surface area contributed by atoms with Crippen molar-refractivity contribution in [3.63, 3.8) is 0 Å². The third kappa shape index (κ3) is 3.04. The van der Waals surface area contributed by atoms with Crippen molar-refractivity contribution in [2.45, 2.75) is 32.6 Å². The molecule has 2 atom stereocenters. The van der Waals surface area contributed by atoms with Crippen LogP contribution in [0.25, 0.3) is 0 Å². The van der Waals surface area contributed by atoms with Gasteiger partial charge in [0, 0.05) is 6.54 Å². The van der Waals surface area contributed by atoms with E-state index in [1.54, 1.807) is 0 Å². The molecule has 0 aromatic carbocycles. The summed E-state index contributed by atoms with van der Waals surface area (Å²) in [6, 6.07) is 0. The highest BCUT2D eigenvalue weighted by Crippen LogP contribution is 2.29. The summed E-state index contributed by atoms with van der Waals surface area (Å²) in [6.45, 7) is 3.97. The van der Waals surface area contributed by atoms with Crippen LogP contribution < -0.4 is 5.32 Å². The smallest absolute Gasteiger partial charge is 0.240 e. The number of amides is 2. The van der Waals surface area contributed by atoms with E-state index in [2.05, 4.69) is 12.2 Å². The molecule has 0 aromatic rings. The Hall–Kier alpha value is -0.900. The van der Waals surface area contributed by atoms with Crippen molar-refractivity contribution >= 4 is 11.8 Å². The van der Waals surface area contributed by atoms with E-state index >= 15 is 0 Å². The lowest BCUT2D eigenvalue weighted by molar-refractivity contribution is -0.136. The molecule has 2 aliphatic rings. The van der Waals surface area contributed by atoms with Crippen LogP contribution in [0.4, 0.5) is 0 Å². The Morgan fingerprint density at radius 2 is 1.94 bits per heavy atom. The number of rotatable bonds is 2. The number of carbonyl (C=O) groups is 2. The second-order valence-corrected chi connectivity index (χ2v) is 5.28. The second-order valence-electron chi connectivity index (χ2n) is 5.28. The van der Waals surface area contributed by atoms with Gasteiger partial charge in [0.1, 0.15) is 0 Å². The van der Waals surface area contributed by atoms with Crippen molar-refractivity contribution in [3.8, 4) is 0 Å². The molecule has 90 valence electrons. The zero-order valence-electron chi connectivity index (χ0n) is 9.87. The number of hydrogen-bond donors (Lipinski definition) is 1. The summed E-state index contributed by atoms with van der Waals surface area (Å²) in [5.41, 5.74) is 0. The molecule has 0 spiro atoms. The zero-order chi connectivity index (χ0) is 11.5. The van der Waals surface area contributed by atoms with Crippen molar-refractivity contribution in [1.82, 2.24) is 10.2 Å². The molecular formula is C12H20N2O2. The number of hydrogen-bond acceptors (Lipinski definition) is 3. The first-order valence-electron chi connectivity index (χ1n) is 6.18. The van der Waals surface area contributed by atoms with Gasteiger partial charge >= 0.3 is 0 Å². The summed E-state index contributed by atoms with van der Waals surface area (Å²) in [7, 11) is 0. The number of piperazine rings is 1. The number of imide groups is 1. The zero-order valence-corrected chi connectivity index (χ0v) is 9.87. The summed E-state index contributed by atoms with van der Waals surface area (Å²) < 4.78 is 0. The van der Waals surface area contributed by atoms with Crippen LogP contribution in [0.5, 0.6) is 0 Å². The molecule has 1 saturated carbocycles. The molecule has 2 rings (SSSR count). The summed E-state index contributed by atoms with van der Waals surface area (Å²) in [5, 5.41) is 2.34. The molecule has 1 N–H and O–H groups in total. The first-order valence-corrected chi connectivity index (χ1v) is 6.18. The molecule has 16 heavy (non-hydrogen) atoms. The maximum atomic E-state index is 11.2. The molecular weight excluding hydrogens is 204 g/mol. The van der Waals surface area contributed by atoms with Crippen LogP contribution in [0.3, 0.4) is 0 Å². The van der Waals surface area contributed by atoms with Crippen molar-refractivity contribution in [2.75, 3.05) is 19.6 Å². The van der Waals surface area contributed by atoms with Gasteiger partial charge < -0.3 is 0 Å². The Labute approximate surface area is 96.4 Å². The van der Waals surface area contributed by atoms with Crippen LogP contribution in [-0.4, -0.2) is 36.3 Å². The van der Waals surface area contributed by atoms with Crippen molar-refractivity contribution < 1.29 is 9.59 Å². The molecule has 0 bridgehead atoms. The van der Waals surface area contributed by atoms with Crippen LogP contribution in [0.2, 0.25) is 0 Å². The third-order valence-electron chi connectivity index (χ3n) is 3.57. The van der Waals surface area contributed by atoms with Crippen molar-refractivity contribution in [1.29, 1.82) is 0 Å². The first-order chi connectivity index (χ1) is 7.63. The number of nitrogens with zero attached hydrogens (tertiary/aromatic N) is 1.